The van der Waals surface area contributed by atoms with Gasteiger partial charge in [0.15, 0.2) is 0 Å². The number of hydrogen-bond acceptors (Lipinski definition) is 9. The SMILES string of the molecule is O=C(O)OC1(OC(=O)OCCc2ccccc2)CCN(Cc2ccc(-c3noc(-c4ccc(-c5ccccc5)c(F)c4)n3)cc2)CC1. The van der Waals surface area contributed by atoms with Gasteiger partial charge in [0.25, 0.3) is 11.7 Å². The van der Waals surface area contributed by atoms with Gasteiger partial charge in [-0.05, 0) is 28.8 Å². The number of carboxylic acid groups (broad SMARTS) is 1. The molecule has 10 nitrogen and oxygen atoms in total. The topological polar surface area (TPSA) is 124 Å². The number of carbonyl (C=O) groups is 2. The first-order valence-electron chi connectivity index (χ1n) is 15.2. The number of halogens is 1. The number of aromatic nitrogens is 2. The summed E-state index contributed by atoms with van der Waals surface area (Å²) in [6.45, 7) is 1.54. The predicted octanol–water partition coefficient (Wildman–Crippen LogP) is 7.59. The monoisotopic (exact) mass is 637 g/mol. The Kier molecular flexibility index (Phi) is 9.53. The van der Waals surface area contributed by atoms with Gasteiger partial charge in [0.05, 0.1) is 6.61 Å². The highest BCUT2D eigenvalue weighted by atomic mass is 19.1. The molecular formula is C36H32FN3O7. The minimum Gasteiger partial charge on any atom is -0.450 e. The molecule has 1 aliphatic rings. The van der Waals surface area contributed by atoms with Gasteiger partial charge in [0.1, 0.15) is 5.82 Å². The van der Waals surface area contributed by atoms with E-state index in [1.54, 1.807) is 12.1 Å². The van der Waals surface area contributed by atoms with E-state index in [2.05, 4.69) is 15.0 Å². The first kappa shape index (κ1) is 31.4. The van der Waals surface area contributed by atoms with Crippen molar-refractivity contribution in [3.63, 3.8) is 0 Å². The van der Waals surface area contributed by atoms with E-state index in [1.165, 1.54) is 6.07 Å². The molecule has 47 heavy (non-hydrogen) atoms. The maximum Gasteiger partial charge on any atom is 0.511 e. The molecule has 240 valence electrons. The van der Waals surface area contributed by atoms with Gasteiger partial charge in [-0.25, -0.2) is 14.0 Å². The largest absolute Gasteiger partial charge is 0.511 e. The molecule has 0 saturated carbocycles. The van der Waals surface area contributed by atoms with Crippen LogP contribution in [-0.2, 0) is 27.2 Å². The zero-order valence-corrected chi connectivity index (χ0v) is 25.4. The summed E-state index contributed by atoms with van der Waals surface area (Å²) in [4.78, 5) is 30.4. The van der Waals surface area contributed by atoms with E-state index in [1.807, 2.05) is 84.9 Å². The summed E-state index contributed by atoms with van der Waals surface area (Å²) in [5.41, 5.74) is 4.49. The minimum atomic E-state index is -1.61. The lowest BCUT2D eigenvalue weighted by Gasteiger charge is -2.38. The molecule has 5 aromatic rings. The Morgan fingerprint density at radius 1 is 0.830 bits per heavy atom. The highest BCUT2D eigenvalue weighted by molar-refractivity contribution is 5.69. The second kappa shape index (κ2) is 14.3. The molecule has 11 heteroatoms. The zero-order chi connectivity index (χ0) is 32.6. The first-order valence-corrected chi connectivity index (χ1v) is 15.2. The standard InChI is InChI=1S/C36H32FN3O7/c37-31-23-29(15-16-30(31)27-9-5-2-6-10-27)33-38-32(39-47-33)28-13-11-26(12-14-28)24-40-20-18-36(19-21-40,45-34(41)42)46-35(43)44-22-17-25-7-3-1-4-8-25/h1-16,23H,17-22,24H2,(H,41,42). The van der Waals surface area contributed by atoms with Gasteiger partial charge in [-0.2, -0.15) is 4.98 Å². The van der Waals surface area contributed by atoms with Gasteiger partial charge in [0, 0.05) is 55.6 Å². The summed E-state index contributed by atoms with van der Waals surface area (Å²) in [5, 5.41) is 13.4. The lowest BCUT2D eigenvalue weighted by Crippen LogP contribution is -2.49. The third-order valence-corrected chi connectivity index (χ3v) is 7.96. The third kappa shape index (κ3) is 8.00. The van der Waals surface area contributed by atoms with Crippen LogP contribution in [0.1, 0.15) is 24.0 Å². The lowest BCUT2D eigenvalue weighted by molar-refractivity contribution is -0.209. The smallest absolute Gasteiger partial charge is 0.450 e. The normalized spacial score (nSPS) is 14.3. The Morgan fingerprint density at radius 2 is 1.51 bits per heavy atom. The summed E-state index contributed by atoms with van der Waals surface area (Å²) in [7, 11) is 0. The Labute approximate surface area is 270 Å². The van der Waals surface area contributed by atoms with Crippen molar-refractivity contribution in [1.29, 1.82) is 0 Å². The van der Waals surface area contributed by atoms with Crippen LogP contribution in [0.5, 0.6) is 0 Å². The van der Waals surface area contributed by atoms with Crippen LogP contribution in [0.2, 0.25) is 0 Å². The van der Waals surface area contributed by atoms with E-state index in [-0.39, 0.29) is 31.2 Å². The number of likely N-dealkylation sites (tertiary alicyclic amines) is 1. The third-order valence-electron chi connectivity index (χ3n) is 7.96. The second-order valence-electron chi connectivity index (χ2n) is 11.2. The fraction of sp³-hybridized carbons (Fsp3) is 0.222. The van der Waals surface area contributed by atoms with Gasteiger partial charge in [-0.1, -0.05) is 96.2 Å². The molecule has 1 aromatic heterocycles. The number of ether oxygens (including phenoxy) is 3. The van der Waals surface area contributed by atoms with Gasteiger partial charge in [-0.15, -0.1) is 0 Å². The van der Waals surface area contributed by atoms with Crippen LogP contribution in [0.25, 0.3) is 34.0 Å². The maximum atomic E-state index is 14.9. The van der Waals surface area contributed by atoms with Gasteiger partial charge in [-0.3, -0.25) is 4.90 Å². The molecule has 0 atom stereocenters. The van der Waals surface area contributed by atoms with Gasteiger partial charge < -0.3 is 23.8 Å². The number of piperidine rings is 1. The molecule has 0 spiro atoms. The Morgan fingerprint density at radius 3 is 2.19 bits per heavy atom. The Hall–Kier alpha value is -5.55. The summed E-state index contributed by atoms with van der Waals surface area (Å²) >= 11 is 0. The van der Waals surface area contributed by atoms with Crippen molar-refractivity contribution in [2.75, 3.05) is 19.7 Å². The maximum absolute atomic E-state index is 14.9. The minimum absolute atomic E-state index is 0.0969. The van der Waals surface area contributed by atoms with Gasteiger partial charge in [0.2, 0.25) is 5.82 Å². The van der Waals surface area contributed by atoms with Crippen LogP contribution in [0.15, 0.2) is 108 Å². The zero-order valence-electron chi connectivity index (χ0n) is 25.4. The second-order valence-corrected chi connectivity index (χ2v) is 11.2. The number of carbonyl (C=O) groups excluding carboxylic acids is 1. The van der Waals surface area contributed by atoms with E-state index in [4.69, 9.17) is 18.7 Å². The molecule has 1 saturated heterocycles. The van der Waals surface area contributed by atoms with Crippen LogP contribution in [0.3, 0.4) is 0 Å². The van der Waals surface area contributed by atoms with Crippen molar-refractivity contribution in [3.05, 3.63) is 120 Å². The van der Waals surface area contributed by atoms with Crippen molar-refractivity contribution < 1.29 is 37.8 Å². The average Bonchev–Trinajstić information content (AvgIpc) is 3.57. The molecule has 6 rings (SSSR count). The van der Waals surface area contributed by atoms with E-state index < -0.39 is 18.1 Å². The molecule has 2 heterocycles. The highest BCUT2D eigenvalue weighted by Gasteiger charge is 2.43. The number of rotatable bonds is 10. The van der Waals surface area contributed by atoms with Gasteiger partial charge >= 0.3 is 12.3 Å². The van der Waals surface area contributed by atoms with Crippen molar-refractivity contribution in [2.45, 2.75) is 31.6 Å². The molecule has 1 aliphatic heterocycles. The van der Waals surface area contributed by atoms with Crippen molar-refractivity contribution in [1.82, 2.24) is 15.0 Å². The molecule has 1 fully saturated rings. The first-order chi connectivity index (χ1) is 22.9. The van der Waals surface area contributed by atoms with Crippen LogP contribution >= 0.6 is 0 Å². The van der Waals surface area contributed by atoms with Crippen LogP contribution in [0.4, 0.5) is 14.0 Å². The molecular weight excluding hydrogens is 605 g/mol. The van der Waals surface area contributed by atoms with Crippen LogP contribution in [-0.4, -0.2) is 57.9 Å². The van der Waals surface area contributed by atoms with Crippen LogP contribution < -0.4 is 0 Å². The van der Waals surface area contributed by atoms with Crippen molar-refractivity contribution >= 4 is 12.3 Å². The van der Waals surface area contributed by atoms with E-state index >= 15 is 0 Å². The predicted molar refractivity (Wildman–Crippen MR) is 169 cm³/mol. The fourth-order valence-corrected chi connectivity index (χ4v) is 5.49. The molecule has 0 amide bonds. The molecule has 4 aromatic carbocycles. The molecule has 1 N–H and O–H groups in total. The highest BCUT2D eigenvalue weighted by Crippen LogP contribution is 2.31. The van der Waals surface area contributed by atoms with E-state index in [0.29, 0.717) is 43.0 Å². The lowest BCUT2D eigenvalue weighted by atomic mass is 10.0. The number of hydrogen-bond donors (Lipinski definition) is 1. The molecule has 0 aliphatic carbocycles. The summed E-state index contributed by atoms with van der Waals surface area (Å²) in [5.74, 6) is -1.41. The summed E-state index contributed by atoms with van der Waals surface area (Å²) in [6, 6.07) is 31.3. The van der Waals surface area contributed by atoms with Crippen molar-refractivity contribution in [2.24, 2.45) is 0 Å². The van der Waals surface area contributed by atoms with Crippen LogP contribution in [0, 0.1) is 5.82 Å². The molecule has 0 radical (unpaired) electrons. The molecule has 0 unspecified atom stereocenters. The number of nitrogens with zero attached hydrogens (tertiary/aromatic N) is 3. The Balaban J connectivity index is 1.02. The summed E-state index contributed by atoms with van der Waals surface area (Å²) < 4.78 is 36.0. The van der Waals surface area contributed by atoms with E-state index in [9.17, 15) is 19.1 Å². The Bertz CT molecular complexity index is 1810. The number of benzene rings is 4. The fourth-order valence-electron chi connectivity index (χ4n) is 5.49. The van der Waals surface area contributed by atoms with E-state index in [0.717, 1.165) is 22.3 Å². The molecule has 0 bridgehead atoms. The summed E-state index contributed by atoms with van der Waals surface area (Å²) in [6.07, 6.45) is -1.67. The average molecular weight is 638 g/mol. The van der Waals surface area contributed by atoms with Crippen molar-refractivity contribution in [3.8, 4) is 34.0 Å². The quantitative estimate of drug-likeness (QED) is 0.121.